The van der Waals surface area contributed by atoms with Crippen molar-refractivity contribution in [2.75, 3.05) is 18.6 Å². The number of amides is 5. The Morgan fingerprint density at radius 2 is 1.59 bits per heavy atom. The predicted octanol–water partition coefficient (Wildman–Crippen LogP) is 2.05. The van der Waals surface area contributed by atoms with Gasteiger partial charge >= 0.3 is 6.03 Å². The van der Waals surface area contributed by atoms with Crippen molar-refractivity contribution in [3.63, 3.8) is 0 Å². The highest BCUT2D eigenvalue weighted by atomic mass is 32.2. The minimum absolute atomic E-state index is 0.0441. The topological polar surface area (TPSA) is 185 Å². The summed E-state index contributed by atoms with van der Waals surface area (Å²) >= 11 is 0. The summed E-state index contributed by atoms with van der Waals surface area (Å²) in [5.41, 5.74) is 3.87. The van der Waals surface area contributed by atoms with Crippen LogP contribution in [-0.2, 0) is 29.0 Å². The van der Waals surface area contributed by atoms with Crippen LogP contribution in [0.2, 0.25) is 0 Å². The van der Waals surface area contributed by atoms with E-state index in [-0.39, 0.29) is 23.5 Å². The van der Waals surface area contributed by atoms with E-state index in [4.69, 9.17) is 5.73 Å². The van der Waals surface area contributed by atoms with Gasteiger partial charge in [-0.3, -0.25) is 19.2 Å². The molecule has 5 N–H and O–H groups in total. The van der Waals surface area contributed by atoms with Crippen LogP contribution in [-0.4, -0.2) is 85.1 Å². The third-order valence-electron chi connectivity index (χ3n) is 9.52. The molecule has 12 nitrogen and oxygen atoms in total. The molecule has 3 fully saturated rings. The molecule has 0 aromatic rings. The maximum Gasteiger partial charge on any atom is 0.315 e. The van der Waals surface area contributed by atoms with Crippen LogP contribution in [0.1, 0.15) is 98.8 Å². The minimum Gasteiger partial charge on any atom is -0.363 e. The molecule has 3 rings (SSSR count). The molecule has 2 saturated carbocycles. The van der Waals surface area contributed by atoms with Gasteiger partial charge in [-0.2, -0.15) is 0 Å². The largest absolute Gasteiger partial charge is 0.363 e. The molecule has 5 amide bonds. The molecule has 250 valence electrons. The Bertz CT molecular complexity index is 1200. The molecule has 4 atom stereocenters. The van der Waals surface area contributed by atoms with E-state index in [1.54, 1.807) is 0 Å². The first-order valence-corrected chi connectivity index (χ1v) is 18.1. The number of nitrogens with two attached hydrogens (primary N) is 1. The maximum atomic E-state index is 14.2. The molecule has 0 spiro atoms. The molecular weight excluding hydrogens is 586 g/mol. The van der Waals surface area contributed by atoms with Gasteiger partial charge in [-0.05, 0) is 55.3 Å². The number of nitrogens with zero attached hydrogens (tertiary/aromatic N) is 1. The SMILES string of the molecule is CC(C)[C@H]1CCN(C(=O)[C@@H](NC(=O)NC2(CCS(C)(=O)=O)CCCCC2)C(C)(C)C)[C@@H]1C(=O)NC(CC1CC1)C(=O)C(N)=O. The van der Waals surface area contributed by atoms with Gasteiger partial charge < -0.3 is 26.6 Å². The van der Waals surface area contributed by atoms with Gasteiger partial charge in [-0.15, -0.1) is 0 Å². The average Bonchev–Trinajstić information content (AvgIpc) is 3.62. The molecule has 44 heavy (non-hydrogen) atoms. The van der Waals surface area contributed by atoms with Crippen LogP contribution in [0, 0.1) is 23.2 Å². The first-order valence-electron chi connectivity index (χ1n) is 16.0. The highest BCUT2D eigenvalue weighted by Gasteiger charge is 2.48. The summed E-state index contributed by atoms with van der Waals surface area (Å²) in [5, 5.41) is 8.67. The van der Waals surface area contributed by atoms with E-state index in [9.17, 15) is 32.4 Å². The molecule has 1 saturated heterocycles. The van der Waals surface area contributed by atoms with Crippen molar-refractivity contribution in [1.82, 2.24) is 20.9 Å². The number of sulfone groups is 1. The maximum absolute atomic E-state index is 14.2. The van der Waals surface area contributed by atoms with Crippen molar-refractivity contribution >= 4 is 39.4 Å². The van der Waals surface area contributed by atoms with Crippen LogP contribution in [0.15, 0.2) is 0 Å². The Balaban J connectivity index is 1.82. The van der Waals surface area contributed by atoms with E-state index in [0.717, 1.165) is 32.1 Å². The lowest BCUT2D eigenvalue weighted by Gasteiger charge is -2.40. The zero-order valence-corrected chi connectivity index (χ0v) is 28.1. The lowest BCUT2D eigenvalue weighted by Crippen LogP contribution is -2.63. The smallest absolute Gasteiger partial charge is 0.315 e. The molecule has 0 radical (unpaired) electrons. The highest BCUT2D eigenvalue weighted by Crippen LogP contribution is 2.36. The van der Waals surface area contributed by atoms with Gasteiger partial charge in [-0.1, -0.05) is 66.7 Å². The number of likely N-dealkylation sites (tertiary alicyclic amines) is 1. The number of hydrogen-bond donors (Lipinski definition) is 4. The predicted molar refractivity (Wildman–Crippen MR) is 167 cm³/mol. The normalized spacial score (nSPS) is 23.5. The van der Waals surface area contributed by atoms with Crippen molar-refractivity contribution in [2.45, 2.75) is 122 Å². The van der Waals surface area contributed by atoms with Crippen LogP contribution in [0.3, 0.4) is 0 Å². The molecular formula is C31H53N5O7S. The Hall–Kier alpha value is -2.70. The number of Topliss-reactive ketones (excluding diaryl/α,β-unsaturated/α-hetero) is 1. The first-order chi connectivity index (χ1) is 20.3. The summed E-state index contributed by atoms with van der Waals surface area (Å²) in [6.07, 6.45) is 8.25. The van der Waals surface area contributed by atoms with Crippen LogP contribution in [0.25, 0.3) is 0 Å². The van der Waals surface area contributed by atoms with Crippen molar-refractivity contribution in [3.05, 3.63) is 0 Å². The molecule has 0 aromatic carbocycles. The van der Waals surface area contributed by atoms with Crippen molar-refractivity contribution < 1.29 is 32.4 Å². The highest BCUT2D eigenvalue weighted by molar-refractivity contribution is 7.90. The fourth-order valence-electron chi connectivity index (χ4n) is 6.71. The van der Waals surface area contributed by atoms with E-state index in [1.807, 2.05) is 34.6 Å². The quantitative estimate of drug-likeness (QED) is 0.222. The Morgan fingerprint density at radius 1 is 0.977 bits per heavy atom. The van der Waals surface area contributed by atoms with E-state index in [2.05, 4.69) is 16.0 Å². The monoisotopic (exact) mass is 639 g/mol. The second-order valence-electron chi connectivity index (χ2n) is 14.8. The number of ketones is 1. The van der Waals surface area contributed by atoms with Crippen LogP contribution in [0.5, 0.6) is 0 Å². The standard InChI is InChI=1S/C31H53N5O7S/c1-19(2)21-12-16-36(23(21)27(39)33-22(18-20-10-11-20)24(37)26(32)38)28(40)25(30(3,4)5)34-29(41)35-31(13-8-7-9-14-31)15-17-44(6,42)43/h19-23,25H,7-18H2,1-6H3,(H2,32,38)(H,33,39)(H2,34,35,41)/t21-,22?,23+,25-/m1/s1. The summed E-state index contributed by atoms with van der Waals surface area (Å²) < 4.78 is 23.9. The molecule has 0 bridgehead atoms. The Labute approximate surface area is 262 Å². The van der Waals surface area contributed by atoms with Crippen LogP contribution < -0.4 is 21.7 Å². The fourth-order valence-corrected chi connectivity index (χ4v) is 7.48. The average molecular weight is 640 g/mol. The third-order valence-corrected chi connectivity index (χ3v) is 10.5. The first kappa shape index (κ1) is 35.8. The van der Waals surface area contributed by atoms with Gasteiger partial charge in [0.15, 0.2) is 0 Å². The second kappa shape index (κ2) is 14.2. The third kappa shape index (κ3) is 9.65. The minimum atomic E-state index is -3.23. The lowest BCUT2D eigenvalue weighted by atomic mass is 9.79. The number of carbonyl (C=O) groups is 5. The Kier molecular flexibility index (Phi) is 11.5. The number of hydrogen-bond acceptors (Lipinski definition) is 7. The van der Waals surface area contributed by atoms with Crippen molar-refractivity contribution in [1.29, 1.82) is 0 Å². The fraction of sp³-hybridized carbons (Fsp3) is 0.839. The number of urea groups is 1. The summed E-state index contributed by atoms with van der Waals surface area (Å²) in [6, 6.07) is -3.47. The molecule has 1 heterocycles. The second-order valence-corrected chi connectivity index (χ2v) is 17.0. The van der Waals surface area contributed by atoms with Gasteiger partial charge in [0.05, 0.1) is 11.8 Å². The number of nitrogens with one attached hydrogen (secondary N) is 3. The van der Waals surface area contributed by atoms with E-state index in [0.29, 0.717) is 38.6 Å². The zero-order chi connectivity index (χ0) is 33.0. The van der Waals surface area contributed by atoms with Gasteiger partial charge in [0, 0.05) is 18.3 Å². The lowest BCUT2D eigenvalue weighted by molar-refractivity contribution is -0.144. The zero-order valence-electron chi connectivity index (χ0n) is 27.2. The van der Waals surface area contributed by atoms with E-state index < -0.39 is 68.5 Å². The molecule has 0 aromatic heterocycles. The summed E-state index contributed by atoms with van der Waals surface area (Å²) in [7, 11) is -3.23. The molecule has 1 aliphatic heterocycles. The van der Waals surface area contributed by atoms with E-state index in [1.165, 1.54) is 11.2 Å². The van der Waals surface area contributed by atoms with Gasteiger partial charge in [0.25, 0.3) is 5.91 Å². The van der Waals surface area contributed by atoms with Crippen molar-refractivity contribution in [2.24, 2.45) is 28.9 Å². The molecule has 3 aliphatic rings. The Morgan fingerprint density at radius 3 is 2.09 bits per heavy atom. The molecule has 2 aliphatic carbocycles. The van der Waals surface area contributed by atoms with Crippen LogP contribution >= 0.6 is 0 Å². The van der Waals surface area contributed by atoms with Gasteiger partial charge in [0.1, 0.15) is 21.9 Å². The molecule has 1 unspecified atom stereocenters. The van der Waals surface area contributed by atoms with Gasteiger partial charge in [0.2, 0.25) is 17.6 Å². The van der Waals surface area contributed by atoms with Crippen molar-refractivity contribution in [3.8, 4) is 0 Å². The summed E-state index contributed by atoms with van der Waals surface area (Å²) in [5.74, 6) is -2.83. The van der Waals surface area contributed by atoms with E-state index >= 15 is 0 Å². The number of primary amides is 1. The number of rotatable bonds is 13. The van der Waals surface area contributed by atoms with Crippen LogP contribution in [0.4, 0.5) is 4.79 Å². The van der Waals surface area contributed by atoms with Gasteiger partial charge in [-0.25, -0.2) is 13.2 Å². The summed E-state index contributed by atoms with van der Waals surface area (Å²) in [6.45, 7) is 9.74. The molecule has 13 heteroatoms. The number of carbonyl (C=O) groups excluding carboxylic acids is 5. The summed E-state index contributed by atoms with van der Waals surface area (Å²) in [4.78, 5) is 67.4.